The fraction of sp³-hybridized carbons (Fsp3) is 0.0714. The highest BCUT2D eigenvalue weighted by atomic mass is 16.4. The Morgan fingerprint density at radius 1 is 0.387 bits per heavy atom. The molecule has 1 aromatic heterocycles. The molecule has 3 nitrogen and oxygen atoms in total. The Hall–Kier alpha value is -3.98. The molecular weight excluding hydrogens is 380 g/mol. The van der Waals surface area contributed by atoms with Crippen LogP contribution in [0.15, 0.2) is 126 Å². The zero-order chi connectivity index (χ0) is 20.9. The van der Waals surface area contributed by atoms with Gasteiger partial charge < -0.3 is 4.42 Å². The van der Waals surface area contributed by atoms with Crippen molar-refractivity contribution in [2.75, 3.05) is 0 Å². The van der Waals surface area contributed by atoms with E-state index in [0.29, 0.717) is 11.8 Å². The van der Waals surface area contributed by atoms with Gasteiger partial charge in [0, 0.05) is 0 Å². The zero-order valence-electron chi connectivity index (χ0n) is 17.0. The van der Waals surface area contributed by atoms with Crippen LogP contribution in [0, 0.1) is 0 Å². The molecule has 31 heavy (non-hydrogen) atoms. The Morgan fingerprint density at radius 2 is 0.645 bits per heavy atom. The molecule has 0 aliphatic heterocycles. The van der Waals surface area contributed by atoms with Crippen LogP contribution < -0.4 is 0 Å². The predicted molar refractivity (Wildman–Crippen MR) is 122 cm³/mol. The van der Waals surface area contributed by atoms with Gasteiger partial charge in [0.2, 0.25) is 11.8 Å². The second-order valence-electron chi connectivity index (χ2n) is 7.49. The molecule has 0 spiro atoms. The first-order valence-corrected chi connectivity index (χ1v) is 10.4. The molecule has 1 heterocycles. The molecular formula is C28H22N2O. The molecule has 5 aromatic rings. The van der Waals surface area contributed by atoms with Gasteiger partial charge >= 0.3 is 0 Å². The maximum atomic E-state index is 6.40. The van der Waals surface area contributed by atoms with Crippen molar-refractivity contribution in [3.8, 4) is 0 Å². The topological polar surface area (TPSA) is 38.9 Å². The Morgan fingerprint density at radius 3 is 0.903 bits per heavy atom. The van der Waals surface area contributed by atoms with E-state index in [2.05, 4.69) is 58.7 Å². The maximum absolute atomic E-state index is 6.40. The quantitative estimate of drug-likeness (QED) is 0.328. The van der Waals surface area contributed by atoms with Gasteiger partial charge in [-0.25, -0.2) is 0 Å². The second-order valence-corrected chi connectivity index (χ2v) is 7.49. The lowest BCUT2D eigenvalue weighted by Crippen LogP contribution is -2.04. The third-order valence-electron chi connectivity index (χ3n) is 5.48. The zero-order valence-corrected chi connectivity index (χ0v) is 17.0. The van der Waals surface area contributed by atoms with E-state index in [0.717, 1.165) is 22.3 Å². The minimum Gasteiger partial charge on any atom is -0.423 e. The Balaban J connectivity index is 1.61. The molecule has 3 heteroatoms. The van der Waals surface area contributed by atoms with Crippen molar-refractivity contribution in [2.45, 2.75) is 11.8 Å². The number of hydrogen-bond acceptors (Lipinski definition) is 3. The standard InChI is InChI=1S/C28H22N2O/c1-5-13-21(14-6-1)25(22-15-7-2-8-16-22)27-29-30-28(31-27)26(23-17-9-3-10-18-23)24-19-11-4-12-20-24/h1-20,25-26H. The average Bonchev–Trinajstić information content (AvgIpc) is 3.31. The van der Waals surface area contributed by atoms with Gasteiger partial charge in [0.15, 0.2) is 0 Å². The highest BCUT2D eigenvalue weighted by Gasteiger charge is 2.27. The fourth-order valence-electron chi connectivity index (χ4n) is 4.02. The summed E-state index contributed by atoms with van der Waals surface area (Å²) in [5.74, 6) is 0.972. The summed E-state index contributed by atoms with van der Waals surface area (Å²) in [7, 11) is 0. The monoisotopic (exact) mass is 402 g/mol. The first-order valence-electron chi connectivity index (χ1n) is 10.4. The van der Waals surface area contributed by atoms with Crippen LogP contribution in [0.25, 0.3) is 0 Å². The fourth-order valence-corrected chi connectivity index (χ4v) is 4.02. The molecule has 0 bridgehead atoms. The molecule has 0 saturated heterocycles. The van der Waals surface area contributed by atoms with Crippen molar-refractivity contribution in [3.05, 3.63) is 155 Å². The summed E-state index contributed by atoms with van der Waals surface area (Å²) in [6.45, 7) is 0. The van der Waals surface area contributed by atoms with Crippen LogP contribution in [0.5, 0.6) is 0 Å². The predicted octanol–water partition coefficient (Wildman–Crippen LogP) is 6.43. The number of aromatic nitrogens is 2. The van der Waals surface area contributed by atoms with Crippen LogP contribution >= 0.6 is 0 Å². The minimum absolute atomic E-state index is 0.115. The van der Waals surface area contributed by atoms with Crippen molar-refractivity contribution in [3.63, 3.8) is 0 Å². The first kappa shape index (κ1) is 19.0. The minimum atomic E-state index is -0.115. The highest BCUT2D eigenvalue weighted by Crippen LogP contribution is 2.35. The molecule has 0 saturated carbocycles. The van der Waals surface area contributed by atoms with E-state index in [1.165, 1.54) is 0 Å². The van der Waals surface area contributed by atoms with E-state index in [-0.39, 0.29) is 11.8 Å². The van der Waals surface area contributed by atoms with Crippen LogP contribution in [0.2, 0.25) is 0 Å². The summed E-state index contributed by atoms with van der Waals surface area (Å²) in [5, 5.41) is 9.05. The summed E-state index contributed by atoms with van der Waals surface area (Å²) >= 11 is 0. The van der Waals surface area contributed by atoms with Gasteiger partial charge in [-0.05, 0) is 22.3 Å². The van der Waals surface area contributed by atoms with E-state index in [1.807, 2.05) is 72.8 Å². The number of rotatable bonds is 6. The van der Waals surface area contributed by atoms with Gasteiger partial charge in [0.25, 0.3) is 0 Å². The molecule has 0 N–H and O–H groups in total. The van der Waals surface area contributed by atoms with E-state index in [1.54, 1.807) is 0 Å². The van der Waals surface area contributed by atoms with E-state index < -0.39 is 0 Å². The van der Waals surface area contributed by atoms with Gasteiger partial charge in [-0.3, -0.25) is 0 Å². The lowest BCUT2D eigenvalue weighted by molar-refractivity contribution is 0.440. The molecule has 5 rings (SSSR count). The van der Waals surface area contributed by atoms with E-state index >= 15 is 0 Å². The largest absolute Gasteiger partial charge is 0.423 e. The van der Waals surface area contributed by atoms with Crippen LogP contribution in [-0.2, 0) is 0 Å². The summed E-state index contributed by atoms with van der Waals surface area (Å²) in [4.78, 5) is 0. The lowest BCUT2D eigenvalue weighted by Gasteiger charge is -2.16. The lowest BCUT2D eigenvalue weighted by atomic mass is 9.91. The Bertz CT molecular complexity index is 1040. The number of hydrogen-bond donors (Lipinski definition) is 0. The Kier molecular flexibility index (Phi) is 5.40. The van der Waals surface area contributed by atoms with Gasteiger partial charge in [0.1, 0.15) is 0 Å². The summed E-state index contributed by atoms with van der Waals surface area (Å²) in [6.07, 6.45) is 0. The molecule has 0 amide bonds. The average molecular weight is 402 g/mol. The molecule has 4 aromatic carbocycles. The molecule has 0 fully saturated rings. The summed E-state index contributed by atoms with van der Waals surface area (Å²) in [6, 6.07) is 41.2. The molecule has 0 atom stereocenters. The van der Waals surface area contributed by atoms with Crippen molar-refractivity contribution in [1.29, 1.82) is 0 Å². The summed E-state index contributed by atoms with van der Waals surface area (Å²) < 4.78 is 6.40. The smallest absolute Gasteiger partial charge is 0.228 e. The SMILES string of the molecule is c1ccc(C(c2ccccc2)c2nnc(C(c3ccccc3)c3ccccc3)o2)cc1. The van der Waals surface area contributed by atoms with Gasteiger partial charge in [0.05, 0.1) is 11.8 Å². The molecule has 0 aliphatic carbocycles. The molecule has 150 valence electrons. The normalized spacial score (nSPS) is 11.2. The molecule has 0 radical (unpaired) electrons. The first-order chi connectivity index (χ1) is 15.4. The number of nitrogens with zero attached hydrogens (tertiary/aromatic N) is 2. The molecule has 0 aliphatic rings. The third kappa shape index (κ3) is 4.03. The van der Waals surface area contributed by atoms with Gasteiger partial charge in [-0.2, -0.15) is 0 Å². The van der Waals surface area contributed by atoms with E-state index in [9.17, 15) is 0 Å². The van der Waals surface area contributed by atoms with Crippen LogP contribution in [0.1, 0.15) is 45.9 Å². The van der Waals surface area contributed by atoms with Crippen molar-refractivity contribution >= 4 is 0 Å². The highest BCUT2D eigenvalue weighted by molar-refractivity contribution is 5.40. The summed E-state index contributed by atoms with van der Waals surface area (Å²) in [5.41, 5.74) is 4.50. The van der Waals surface area contributed by atoms with Crippen LogP contribution in [0.3, 0.4) is 0 Å². The van der Waals surface area contributed by atoms with Crippen LogP contribution in [0.4, 0.5) is 0 Å². The van der Waals surface area contributed by atoms with Gasteiger partial charge in [-0.1, -0.05) is 121 Å². The van der Waals surface area contributed by atoms with Gasteiger partial charge in [-0.15, -0.1) is 10.2 Å². The molecule has 0 unspecified atom stereocenters. The van der Waals surface area contributed by atoms with Crippen molar-refractivity contribution < 1.29 is 4.42 Å². The van der Waals surface area contributed by atoms with Crippen molar-refractivity contribution in [2.24, 2.45) is 0 Å². The maximum Gasteiger partial charge on any atom is 0.228 e. The Labute approximate surface area is 182 Å². The second kappa shape index (κ2) is 8.80. The van der Waals surface area contributed by atoms with Crippen molar-refractivity contribution in [1.82, 2.24) is 10.2 Å². The van der Waals surface area contributed by atoms with Crippen LogP contribution in [-0.4, -0.2) is 10.2 Å². The third-order valence-corrected chi connectivity index (χ3v) is 5.48. The number of benzene rings is 4. The van der Waals surface area contributed by atoms with E-state index in [4.69, 9.17) is 4.42 Å².